The number of aliphatic hydroxyl groups is 1. The number of ether oxygens (including phenoxy) is 1. The van der Waals surface area contributed by atoms with Gasteiger partial charge in [-0.3, -0.25) is 0 Å². The van der Waals surface area contributed by atoms with Gasteiger partial charge in [0, 0.05) is 30.8 Å². The predicted molar refractivity (Wildman–Crippen MR) is 112 cm³/mol. The van der Waals surface area contributed by atoms with E-state index in [0.29, 0.717) is 19.1 Å². The van der Waals surface area contributed by atoms with Crippen LogP contribution < -0.4 is 5.73 Å². The fraction of sp³-hybridized carbons (Fsp3) is 0.500. The molecule has 0 amide bonds. The first kappa shape index (κ1) is 19.6. The van der Waals surface area contributed by atoms with E-state index < -0.39 is 0 Å². The zero-order valence-electron chi connectivity index (χ0n) is 16.5. The minimum Gasteiger partial charge on any atom is -0.392 e. The molecule has 2 fully saturated rings. The first-order valence-electron chi connectivity index (χ1n) is 10.5. The van der Waals surface area contributed by atoms with Crippen molar-refractivity contribution in [2.24, 2.45) is 11.1 Å². The number of benzene rings is 2. The van der Waals surface area contributed by atoms with Crippen LogP contribution in [0.25, 0.3) is 0 Å². The van der Waals surface area contributed by atoms with Crippen LogP contribution in [0.3, 0.4) is 0 Å². The van der Waals surface area contributed by atoms with Gasteiger partial charge in [-0.2, -0.15) is 0 Å². The van der Waals surface area contributed by atoms with E-state index >= 15 is 0 Å². The molecule has 1 spiro atoms. The highest BCUT2D eigenvalue weighted by molar-refractivity contribution is 5.32. The molecule has 1 saturated carbocycles. The third kappa shape index (κ3) is 3.87. The molecular weight excluding hydrogens is 348 g/mol. The van der Waals surface area contributed by atoms with Crippen molar-refractivity contribution in [2.75, 3.05) is 32.8 Å². The van der Waals surface area contributed by atoms with Crippen LogP contribution in [0.4, 0.5) is 0 Å². The third-order valence-electron chi connectivity index (χ3n) is 6.81. The number of rotatable bonds is 7. The van der Waals surface area contributed by atoms with Crippen molar-refractivity contribution in [3.8, 4) is 0 Å². The Balaban J connectivity index is 1.44. The van der Waals surface area contributed by atoms with Crippen LogP contribution in [-0.4, -0.2) is 55.0 Å². The summed E-state index contributed by atoms with van der Waals surface area (Å²) < 4.78 is 5.94. The van der Waals surface area contributed by atoms with E-state index in [1.165, 1.54) is 11.1 Å². The Morgan fingerprint density at radius 1 is 1.00 bits per heavy atom. The van der Waals surface area contributed by atoms with E-state index in [2.05, 4.69) is 65.6 Å². The van der Waals surface area contributed by atoms with E-state index in [1.807, 2.05) is 0 Å². The molecule has 2 aromatic rings. The molecule has 2 aromatic carbocycles. The van der Waals surface area contributed by atoms with Crippen molar-refractivity contribution in [3.05, 3.63) is 71.8 Å². The number of likely N-dealkylation sites (tertiary alicyclic amines) is 1. The van der Waals surface area contributed by atoms with Gasteiger partial charge in [0.15, 0.2) is 0 Å². The van der Waals surface area contributed by atoms with Gasteiger partial charge in [-0.25, -0.2) is 0 Å². The molecule has 150 valence electrons. The number of hydrogen-bond acceptors (Lipinski definition) is 4. The molecule has 0 unspecified atom stereocenters. The third-order valence-corrected chi connectivity index (χ3v) is 6.81. The van der Waals surface area contributed by atoms with Gasteiger partial charge in [0.1, 0.15) is 0 Å². The smallest absolute Gasteiger partial charge is 0.0682 e. The highest BCUT2D eigenvalue weighted by atomic mass is 16.5. The van der Waals surface area contributed by atoms with E-state index in [4.69, 9.17) is 10.5 Å². The van der Waals surface area contributed by atoms with E-state index in [0.717, 1.165) is 38.9 Å². The standard InChI is InChI=1S/C24H32N2O2/c25-13-16-28-23-17-22(27)24(23)11-14-26(15-12-24)18-21(19-7-3-1-4-8-19)20-9-5-2-6-10-20/h1-10,21-23,27H,11-18,25H2/t22-,23+/m1/s1. The Hall–Kier alpha value is -1.72. The summed E-state index contributed by atoms with van der Waals surface area (Å²) in [5.41, 5.74) is 8.27. The SMILES string of the molecule is NCCO[C@H]1C[C@@H](O)C12CCN(CC(c1ccccc1)c1ccccc1)CC2. The molecule has 4 rings (SSSR count). The lowest BCUT2D eigenvalue weighted by atomic mass is 9.58. The lowest BCUT2D eigenvalue weighted by Gasteiger charge is -2.57. The Morgan fingerprint density at radius 2 is 1.57 bits per heavy atom. The van der Waals surface area contributed by atoms with Crippen LogP contribution in [0.1, 0.15) is 36.3 Å². The molecule has 0 radical (unpaired) electrons. The highest BCUT2D eigenvalue weighted by Crippen LogP contribution is 2.51. The first-order valence-corrected chi connectivity index (χ1v) is 10.5. The van der Waals surface area contributed by atoms with E-state index in [-0.39, 0.29) is 17.6 Å². The van der Waals surface area contributed by atoms with Gasteiger partial charge in [0.2, 0.25) is 0 Å². The minimum absolute atomic E-state index is 0.0549. The molecule has 1 aliphatic heterocycles. The van der Waals surface area contributed by atoms with Crippen molar-refractivity contribution >= 4 is 0 Å². The second-order valence-corrected chi connectivity index (χ2v) is 8.31. The maximum absolute atomic E-state index is 10.5. The summed E-state index contributed by atoms with van der Waals surface area (Å²) in [7, 11) is 0. The monoisotopic (exact) mass is 380 g/mol. The zero-order chi connectivity index (χ0) is 19.4. The molecular formula is C24H32N2O2. The van der Waals surface area contributed by atoms with Crippen molar-refractivity contribution in [1.82, 2.24) is 4.90 Å². The fourth-order valence-corrected chi connectivity index (χ4v) is 5.01. The summed E-state index contributed by atoms with van der Waals surface area (Å²) in [5, 5.41) is 10.5. The number of hydrogen-bond donors (Lipinski definition) is 2. The molecule has 4 nitrogen and oxygen atoms in total. The maximum Gasteiger partial charge on any atom is 0.0682 e. The normalized spacial score (nSPS) is 24.4. The van der Waals surface area contributed by atoms with Gasteiger partial charge in [-0.1, -0.05) is 60.7 Å². The lowest BCUT2D eigenvalue weighted by Crippen LogP contribution is -2.62. The number of aliphatic hydroxyl groups excluding tert-OH is 1. The summed E-state index contributed by atoms with van der Waals surface area (Å²) in [4.78, 5) is 2.56. The Kier molecular flexibility index (Phi) is 6.12. The van der Waals surface area contributed by atoms with Gasteiger partial charge in [-0.15, -0.1) is 0 Å². The first-order chi connectivity index (χ1) is 13.7. The number of nitrogens with zero attached hydrogens (tertiary/aromatic N) is 1. The van der Waals surface area contributed by atoms with Crippen molar-refractivity contribution in [1.29, 1.82) is 0 Å². The molecule has 28 heavy (non-hydrogen) atoms. The van der Waals surface area contributed by atoms with Crippen LogP contribution >= 0.6 is 0 Å². The summed E-state index contributed by atoms with van der Waals surface area (Å²) in [6.07, 6.45) is 2.71. The summed E-state index contributed by atoms with van der Waals surface area (Å²) in [6, 6.07) is 21.6. The molecule has 1 heterocycles. The van der Waals surface area contributed by atoms with Crippen molar-refractivity contribution in [3.63, 3.8) is 0 Å². The quantitative estimate of drug-likeness (QED) is 0.775. The minimum atomic E-state index is -0.225. The summed E-state index contributed by atoms with van der Waals surface area (Å²) >= 11 is 0. The fourth-order valence-electron chi connectivity index (χ4n) is 5.01. The lowest BCUT2D eigenvalue weighted by molar-refractivity contribution is -0.210. The van der Waals surface area contributed by atoms with Gasteiger partial charge >= 0.3 is 0 Å². The molecule has 4 heteroatoms. The largest absolute Gasteiger partial charge is 0.392 e. The molecule has 0 aromatic heterocycles. The van der Waals surface area contributed by atoms with Crippen molar-refractivity contribution < 1.29 is 9.84 Å². The van der Waals surface area contributed by atoms with Crippen molar-refractivity contribution in [2.45, 2.75) is 37.4 Å². The molecule has 2 atom stereocenters. The molecule has 1 saturated heterocycles. The van der Waals surface area contributed by atoms with Crippen LogP contribution in [0.5, 0.6) is 0 Å². The number of nitrogens with two attached hydrogens (primary N) is 1. The average molecular weight is 381 g/mol. The zero-order valence-corrected chi connectivity index (χ0v) is 16.5. The van der Waals surface area contributed by atoms with Gasteiger partial charge < -0.3 is 20.5 Å². The molecule has 2 aliphatic rings. The second-order valence-electron chi connectivity index (χ2n) is 8.31. The van der Waals surface area contributed by atoms with E-state index in [9.17, 15) is 5.11 Å². The Morgan fingerprint density at radius 3 is 2.07 bits per heavy atom. The second kappa shape index (κ2) is 8.75. The van der Waals surface area contributed by atoms with Gasteiger partial charge in [0.25, 0.3) is 0 Å². The van der Waals surface area contributed by atoms with Crippen LogP contribution in [0.2, 0.25) is 0 Å². The molecule has 1 aliphatic carbocycles. The molecule has 0 bridgehead atoms. The molecule has 3 N–H and O–H groups in total. The van der Waals surface area contributed by atoms with Gasteiger partial charge in [-0.05, 0) is 37.1 Å². The highest BCUT2D eigenvalue weighted by Gasteiger charge is 2.56. The Bertz CT molecular complexity index is 689. The summed E-state index contributed by atoms with van der Waals surface area (Å²) in [6.45, 7) is 4.16. The van der Waals surface area contributed by atoms with Crippen LogP contribution in [-0.2, 0) is 4.74 Å². The summed E-state index contributed by atoms with van der Waals surface area (Å²) in [5.74, 6) is 0.368. The van der Waals surface area contributed by atoms with Crippen LogP contribution in [0, 0.1) is 5.41 Å². The predicted octanol–water partition coefficient (Wildman–Crippen LogP) is 3.01. The van der Waals surface area contributed by atoms with Crippen LogP contribution in [0.15, 0.2) is 60.7 Å². The van der Waals surface area contributed by atoms with E-state index in [1.54, 1.807) is 0 Å². The Labute approximate surface area is 168 Å². The average Bonchev–Trinajstić information content (AvgIpc) is 2.76. The topological polar surface area (TPSA) is 58.7 Å². The number of piperidine rings is 1. The van der Waals surface area contributed by atoms with Gasteiger partial charge in [0.05, 0.1) is 18.8 Å². The maximum atomic E-state index is 10.5.